The Bertz CT molecular complexity index is 654. The van der Waals surface area contributed by atoms with Gasteiger partial charge in [-0.3, -0.25) is 4.79 Å². The molecular formula is C18H19Cl2NO2. The van der Waals surface area contributed by atoms with Gasteiger partial charge in [-0.25, -0.2) is 0 Å². The third kappa shape index (κ3) is 6.85. The summed E-state index contributed by atoms with van der Waals surface area (Å²) in [5.74, 6) is -0.735. The van der Waals surface area contributed by atoms with E-state index in [1.165, 1.54) is 0 Å². The van der Waals surface area contributed by atoms with E-state index < -0.39 is 5.97 Å². The minimum Gasteiger partial charge on any atom is -1.00 e. The van der Waals surface area contributed by atoms with Crippen molar-refractivity contribution >= 4 is 29.7 Å². The highest BCUT2D eigenvalue weighted by Gasteiger charge is 2.06. The molecule has 0 aliphatic rings. The molecule has 2 rings (SSSR count). The number of unbranched alkanes of at least 4 members (excludes halogenated alkanes) is 1. The number of carboxylic acid groups (broad SMARTS) is 1. The fraction of sp³-hybridized carbons (Fsp3) is 0.222. The summed E-state index contributed by atoms with van der Waals surface area (Å²) >= 11 is 5.88. The van der Waals surface area contributed by atoms with Gasteiger partial charge in [0.1, 0.15) is 6.54 Å². The Labute approximate surface area is 147 Å². The Morgan fingerprint density at radius 1 is 1.09 bits per heavy atom. The zero-order valence-corrected chi connectivity index (χ0v) is 14.2. The molecule has 1 N–H and O–H groups in total. The van der Waals surface area contributed by atoms with E-state index in [0.29, 0.717) is 6.42 Å². The summed E-state index contributed by atoms with van der Waals surface area (Å²) in [5.41, 5.74) is 2.18. The average molecular weight is 352 g/mol. The van der Waals surface area contributed by atoms with Gasteiger partial charge in [0.05, 0.1) is 0 Å². The van der Waals surface area contributed by atoms with Gasteiger partial charge in [0.2, 0.25) is 5.69 Å². The Morgan fingerprint density at radius 2 is 1.83 bits per heavy atom. The number of carbonyl (C=O) groups is 1. The molecule has 0 amide bonds. The van der Waals surface area contributed by atoms with Gasteiger partial charge in [0.15, 0.2) is 6.20 Å². The molecule has 0 saturated carbocycles. The van der Waals surface area contributed by atoms with Gasteiger partial charge in [0, 0.05) is 36.1 Å². The predicted octanol–water partition coefficient (Wildman–Crippen LogP) is 1.06. The number of aliphatic carboxylic acids is 1. The van der Waals surface area contributed by atoms with Crippen LogP contribution in [0.3, 0.4) is 0 Å². The zero-order chi connectivity index (χ0) is 15.8. The monoisotopic (exact) mass is 351 g/mol. The van der Waals surface area contributed by atoms with Gasteiger partial charge in [-0.2, -0.15) is 4.57 Å². The first-order chi connectivity index (χ1) is 10.6. The quantitative estimate of drug-likeness (QED) is 0.598. The fourth-order valence-electron chi connectivity index (χ4n) is 2.16. The van der Waals surface area contributed by atoms with Crippen molar-refractivity contribution in [2.75, 3.05) is 0 Å². The molecule has 23 heavy (non-hydrogen) atoms. The van der Waals surface area contributed by atoms with Crippen molar-refractivity contribution < 1.29 is 26.9 Å². The minimum atomic E-state index is -0.735. The predicted molar refractivity (Wildman–Crippen MR) is 88.5 cm³/mol. The molecule has 122 valence electrons. The maximum Gasteiger partial charge on any atom is 0.303 e. The van der Waals surface area contributed by atoms with Crippen LogP contribution in [0.4, 0.5) is 0 Å². The van der Waals surface area contributed by atoms with E-state index in [9.17, 15) is 4.79 Å². The largest absolute Gasteiger partial charge is 1.00 e. The van der Waals surface area contributed by atoms with Gasteiger partial charge in [0.25, 0.3) is 0 Å². The van der Waals surface area contributed by atoms with E-state index in [1.807, 2.05) is 54.7 Å². The van der Waals surface area contributed by atoms with Crippen molar-refractivity contribution in [3.05, 3.63) is 64.9 Å². The molecular weight excluding hydrogens is 333 g/mol. The third-order valence-electron chi connectivity index (χ3n) is 3.33. The lowest BCUT2D eigenvalue weighted by atomic mass is 10.2. The molecule has 0 saturated heterocycles. The summed E-state index contributed by atoms with van der Waals surface area (Å²) in [4.78, 5) is 10.5. The number of carboxylic acids is 1. The summed E-state index contributed by atoms with van der Waals surface area (Å²) in [6.45, 7) is 0.814. The second-order valence-corrected chi connectivity index (χ2v) is 5.49. The molecule has 5 heteroatoms. The van der Waals surface area contributed by atoms with Gasteiger partial charge < -0.3 is 17.5 Å². The highest BCUT2D eigenvalue weighted by molar-refractivity contribution is 6.30. The maximum atomic E-state index is 10.5. The van der Waals surface area contributed by atoms with E-state index >= 15 is 0 Å². The van der Waals surface area contributed by atoms with Crippen LogP contribution in [0.15, 0.2) is 48.7 Å². The molecule has 0 unspecified atom stereocenters. The summed E-state index contributed by atoms with van der Waals surface area (Å²) in [6.07, 6.45) is 7.88. The van der Waals surface area contributed by atoms with Crippen LogP contribution in [-0.2, 0) is 11.3 Å². The van der Waals surface area contributed by atoms with Crippen LogP contribution in [-0.4, -0.2) is 11.1 Å². The molecule has 1 aromatic heterocycles. The summed E-state index contributed by atoms with van der Waals surface area (Å²) in [5, 5.41) is 9.39. The van der Waals surface area contributed by atoms with Gasteiger partial charge in [-0.15, -0.1) is 0 Å². The standard InChI is InChI=1S/C18H18ClNO2.ClH/c19-16-10-7-15(8-11-16)9-12-17-5-1-3-13-20(17)14-4-2-6-18(21)22;/h1,3,5,7-13H,2,4,6,14H2;1H/b12-9+;. The van der Waals surface area contributed by atoms with Crippen LogP contribution in [0.25, 0.3) is 12.2 Å². The first-order valence-corrected chi connectivity index (χ1v) is 7.67. The van der Waals surface area contributed by atoms with Gasteiger partial charge in [-0.1, -0.05) is 23.7 Å². The molecule has 0 spiro atoms. The van der Waals surface area contributed by atoms with E-state index in [4.69, 9.17) is 16.7 Å². The Hall–Kier alpha value is -1.84. The van der Waals surface area contributed by atoms with Crippen molar-refractivity contribution in [1.29, 1.82) is 0 Å². The third-order valence-corrected chi connectivity index (χ3v) is 3.58. The first-order valence-electron chi connectivity index (χ1n) is 7.29. The van der Waals surface area contributed by atoms with Crippen molar-refractivity contribution in [2.45, 2.75) is 25.8 Å². The average Bonchev–Trinajstić information content (AvgIpc) is 2.52. The summed E-state index contributed by atoms with van der Waals surface area (Å²) < 4.78 is 2.13. The number of halogens is 2. The van der Waals surface area contributed by atoms with Crippen LogP contribution in [0.5, 0.6) is 0 Å². The minimum absolute atomic E-state index is 0. The van der Waals surface area contributed by atoms with Crippen LogP contribution in [0, 0.1) is 0 Å². The highest BCUT2D eigenvalue weighted by Crippen LogP contribution is 2.11. The lowest BCUT2D eigenvalue weighted by Crippen LogP contribution is -3.00. The van der Waals surface area contributed by atoms with Crippen molar-refractivity contribution in [3.8, 4) is 0 Å². The summed E-state index contributed by atoms with van der Waals surface area (Å²) in [7, 11) is 0. The number of nitrogens with zero attached hydrogens (tertiary/aromatic N) is 1. The van der Waals surface area contributed by atoms with Gasteiger partial charge >= 0.3 is 5.97 Å². The number of benzene rings is 1. The zero-order valence-electron chi connectivity index (χ0n) is 12.7. The Kier molecular flexibility index (Phi) is 8.38. The molecule has 0 atom stereocenters. The molecule has 0 aliphatic heterocycles. The van der Waals surface area contributed by atoms with Gasteiger partial charge in [-0.05, 0) is 36.3 Å². The highest BCUT2D eigenvalue weighted by atomic mass is 35.5. The van der Waals surface area contributed by atoms with E-state index in [2.05, 4.69) is 10.6 Å². The maximum absolute atomic E-state index is 10.5. The molecule has 1 aromatic carbocycles. The molecule has 0 radical (unpaired) electrons. The smallest absolute Gasteiger partial charge is 0.303 e. The molecule has 0 fully saturated rings. The Morgan fingerprint density at radius 3 is 2.52 bits per heavy atom. The van der Waals surface area contributed by atoms with Crippen molar-refractivity contribution in [3.63, 3.8) is 0 Å². The first kappa shape index (κ1) is 19.2. The van der Waals surface area contributed by atoms with Crippen molar-refractivity contribution in [2.24, 2.45) is 0 Å². The normalized spacial score (nSPS) is 10.5. The SMILES string of the molecule is O=C(O)CCCC[n+]1ccccc1/C=C/c1ccc(Cl)cc1.[Cl-]. The molecule has 0 aliphatic carbocycles. The van der Waals surface area contributed by atoms with E-state index in [-0.39, 0.29) is 18.8 Å². The Balaban J connectivity index is 0.00000264. The number of aromatic nitrogens is 1. The number of hydrogen-bond acceptors (Lipinski definition) is 1. The lowest BCUT2D eigenvalue weighted by molar-refractivity contribution is -0.699. The van der Waals surface area contributed by atoms with E-state index in [0.717, 1.165) is 29.2 Å². The van der Waals surface area contributed by atoms with Crippen molar-refractivity contribution in [1.82, 2.24) is 0 Å². The van der Waals surface area contributed by atoms with E-state index in [1.54, 1.807) is 0 Å². The summed E-state index contributed by atoms with van der Waals surface area (Å²) in [6, 6.07) is 13.7. The molecule has 0 bridgehead atoms. The second kappa shape index (κ2) is 10.0. The lowest BCUT2D eigenvalue weighted by Gasteiger charge is -2.00. The van der Waals surface area contributed by atoms with Crippen LogP contribution in [0.1, 0.15) is 30.5 Å². The molecule has 1 heterocycles. The fourth-order valence-corrected chi connectivity index (χ4v) is 2.28. The van der Waals surface area contributed by atoms with Crippen LogP contribution < -0.4 is 17.0 Å². The number of hydrogen-bond donors (Lipinski definition) is 1. The number of pyridine rings is 1. The second-order valence-electron chi connectivity index (χ2n) is 5.05. The number of rotatable bonds is 7. The van der Waals surface area contributed by atoms with Crippen LogP contribution in [0.2, 0.25) is 5.02 Å². The topological polar surface area (TPSA) is 41.2 Å². The molecule has 3 nitrogen and oxygen atoms in total. The number of aryl methyl sites for hydroxylation is 1. The molecule has 2 aromatic rings. The van der Waals surface area contributed by atoms with Crippen LogP contribution >= 0.6 is 11.6 Å².